The van der Waals surface area contributed by atoms with Crippen LogP contribution in [-0.4, -0.2) is 26.7 Å². The molecule has 1 unspecified atom stereocenters. The number of rotatable bonds is 3. The lowest BCUT2D eigenvalue weighted by Crippen LogP contribution is -2.47. The van der Waals surface area contributed by atoms with Crippen molar-refractivity contribution in [1.29, 1.82) is 0 Å². The Morgan fingerprint density at radius 2 is 1.90 bits per heavy atom. The maximum absolute atomic E-state index is 11.7. The Morgan fingerprint density at radius 3 is 2.60 bits per heavy atom. The molecule has 2 heterocycles. The summed E-state index contributed by atoms with van der Waals surface area (Å²) in [7, 11) is 0. The van der Waals surface area contributed by atoms with E-state index in [0.29, 0.717) is 17.1 Å². The highest BCUT2D eigenvalue weighted by Crippen LogP contribution is 2.41. The molecule has 3 rings (SSSR count). The second kappa shape index (κ2) is 4.12. The van der Waals surface area contributed by atoms with Gasteiger partial charge >= 0.3 is 11.9 Å². The third-order valence-electron chi connectivity index (χ3n) is 3.32. The highest BCUT2D eigenvalue weighted by Gasteiger charge is 2.50. The zero-order chi connectivity index (χ0) is 14.3. The fourth-order valence-corrected chi connectivity index (χ4v) is 2.47. The molecular weight excluding hydrogens is 262 g/mol. The Bertz CT molecular complexity index is 705. The number of hydrogen-bond acceptors (Lipinski definition) is 3. The van der Waals surface area contributed by atoms with E-state index < -0.39 is 24.0 Å². The van der Waals surface area contributed by atoms with E-state index in [0.717, 1.165) is 0 Å². The van der Waals surface area contributed by atoms with Crippen LogP contribution in [0.15, 0.2) is 42.6 Å². The molecule has 0 aliphatic carbocycles. The largest absolute Gasteiger partial charge is 0.481 e. The highest BCUT2D eigenvalue weighted by atomic mass is 16.5. The molecule has 2 N–H and O–H groups in total. The molecule has 102 valence electrons. The maximum Gasteiger partial charge on any atom is 0.355 e. The fraction of sp³-hybridized carbons (Fsp3) is 0.143. The first-order valence-electron chi connectivity index (χ1n) is 5.96. The number of para-hydroxylation sites is 2. The van der Waals surface area contributed by atoms with E-state index in [1.807, 2.05) is 0 Å². The lowest BCUT2D eigenvalue weighted by Gasteiger charge is -2.35. The van der Waals surface area contributed by atoms with E-state index in [-0.39, 0.29) is 0 Å². The Hall–Kier alpha value is -2.76. The lowest BCUT2D eigenvalue weighted by atomic mass is 9.93. The summed E-state index contributed by atoms with van der Waals surface area (Å²) < 4.78 is 7.22. The minimum atomic E-state index is -1.91. The molecule has 0 saturated heterocycles. The van der Waals surface area contributed by atoms with Crippen molar-refractivity contribution >= 4 is 11.9 Å². The zero-order valence-corrected chi connectivity index (χ0v) is 10.3. The molecule has 6 heteroatoms. The van der Waals surface area contributed by atoms with Crippen LogP contribution in [-0.2, 0) is 15.2 Å². The zero-order valence-electron chi connectivity index (χ0n) is 10.3. The first kappa shape index (κ1) is 12.3. The molecule has 1 aromatic heterocycles. The molecular formula is C14H11NO5. The molecule has 1 atom stereocenters. The Balaban J connectivity index is 2.26. The number of aliphatic carboxylic acids is 2. The van der Waals surface area contributed by atoms with Gasteiger partial charge < -0.3 is 19.5 Å². The summed E-state index contributed by atoms with van der Waals surface area (Å²) >= 11 is 0. The maximum atomic E-state index is 11.7. The van der Waals surface area contributed by atoms with Crippen LogP contribution in [0.2, 0.25) is 0 Å². The first-order chi connectivity index (χ1) is 9.54. The molecule has 2 aromatic rings. The minimum Gasteiger partial charge on any atom is -0.481 e. The standard InChI is InChI=1S/C14H11NO5/c16-12(17)8-14(13(18)19)11-6-3-7-15(11)9-4-1-2-5-10(9)20-14/h1-7H,8H2,(H,16,17)(H,18,19). The number of carbonyl (C=O) groups is 2. The van der Waals surface area contributed by atoms with Crippen LogP contribution in [0.3, 0.4) is 0 Å². The second-order valence-corrected chi connectivity index (χ2v) is 4.54. The average molecular weight is 273 g/mol. The number of benzene rings is 1. The molecule has 1 aromatic carbocycles. The molecule has 0 saturated carbocycles. The number of nitrogens with zero attached hydrogens (tertiary/aromatic N) is 1. The first-order valence-corrected chi connectivity index (χ1v) is 5.96. The second-order valence-electron chi connectivity index (χ2n) is 4.54. The summed E-state index contributed by atoms with van der Waals surface area (Å²) in [6.45, 7) is 0. The van der Waals surface area contributed by atoms with Gasteiger partial charge in [-0.05, 0) is 24.3 Å². The van der Waals surface area contributed by atoms with E-state index in [2.05, 4.69) is 0 Å². The molecule has 1 aliphatic rings. The van der Waals surface area contributed by atoms with E-state index in [4.69, 9.17) is 9.84 Å². The van der Waals surface area contributed by atoms with Gasteiger partial charge in [-0.25, -0.2) is 4.79 Å². The van der Waals surface area contributed by atoms with Gasteiger partial charge in [0.1, 0.15) is 12.2 Å². The molecule has 6 nitrogen and oxygen atoms in total. The molecule has 0 fully saturated rings. The van der Waals surface area contributed by atoms with Crippen LogP contribution in [0.4, 0.5) is 0 Å². The Kier molecular flexibility index (Phi) is 2.53. The van der Waals surface area contributed by atoms with Crippen LogP contribution in [0.1, 0.15) is 12.1 Å². The van der Waals surface area contributed by atoms with Crippen molar-refractivity contribution in [2.75, 3.05) is 0 Å². The number of ether oxygens (including phenoxy) is 1. The van der Waals surface area contributed by atoms with Crippen molar-refractivity contribution < 1.29 is 24.5 Å². The predicted octanol–water partition coefficient (Wildman–Crippen LogP) is 1.62. The van der Waals surface area contributed by atoms with Crippen LogP contribution in [0, 0.1) is 0 Å². The van der Waals surface area contributed by atoms with Crippen molar-refractivity contribution in [2.24, 2.45) is 0 Å². The highest BCUT2D eigenvalue weighted by molar-refractivity contribution is 5.86. The summed E-state index contributed by atoms with van der Waals surface area (Å²) in [5.41, 5.74) is -0.926. The summed E-state index contributed by atoms with van der Waals surface area (Å²) in [6.07, 6.45) is 1.04. The van der Waals surface area contributed by atoms with Crippen LogP contribution in [0.25, 0.3) is 5.69 Å². The summed E-state index contributed by atoms with van der Waals surface area (Å²) in [5, 5.41) is 18.6. The number of hydrogen-bond donors (Lipinski definition) is 2. The number of fused-ring (bicyclic) bond motifs is 3. The number of carboxylic acid groups (broad SMARTS) is 2. The number of carboxylic acids is 2. The van der Waals surface area contributed by atoms with Crippen molar-refractivity contribution in [3.8, 4) is 11.4 Å². The monoisotopic (exact) mass is 273 g/mol. The summed E-state index contributed by atoms with van der Waals surface area (Å²) in [6, 6.07) is 10.1. The van der Waals surface area contributed by atoms with Crippen LogP contribution >= 0.6 is 0 Å². The van der Waals surface area contributed by atoms with E-state index in [9.17, 15) is 14.7 Å². The molecule has 0 amide bonds. The average Bonchev–Trinajstić information content (AvgIpc) is 2.88. The van der Waals surface area contributed by atoms with Crippen LogP contribution in [0.5, 0.6) is 5.75 Å². The molecule has 0 bridgehead atoms. The molecule has 0 spiro atoms. The normalized spacial score (nSPS) is 19.6. The topological polar surface area (TPSA) is 88.8 Å². The van der Waals surface area contributed by atoms with Gasteiger partial charge in [0.2, 0.25) is 0 Å². The third-order valence-corrected chi connectivity index (χ3v) is 3.32. The van der Waals surface area contributed by atoms with Crippen molar-refractivity contribution in [3.05, 3.63) is 48.3 Å². The van der Waals surface area contributed by atoms with Gasteiger partial charge in [-0.2, -0.15) is 0 Å². The van der Waals surface area contributed by atoms with Gasteiger partial charge in [-0.3, -0.25) is 4.79 Å². The number of aromatic nitrogens is 1. The SMILES string of the molecule is O=C(O)CC1(C(=O)O)Oc2ccccc2-n2cccc21. The van der Waals surface area contributed by atoms with Gasteiger partial charge in [0, 0.05) is 6.20 Å². The Labute approximate surface area is 113 Å². The van der Waals surface area contributed by atoms with Crippen LogP contribution < -0.4 is 4.74 Å². The quantitative estimate of drug-likeness (QED) is 0.887. The third kappa shape index (κ3) is 1.58. The van der Waals surface area contributed by atoms with Gasteiger partial charge in [-0.15, -0.1) is 0 Å². The molecule has 20 heavy (non-hydrogen) atoms. The summed E-state index contributed by atoms with van der Waals surface area (Å²) in [5.74, 6) is -2.21. The van der Waals surface area contributed by atoms with Crippen molar-refractivity contribution in [1.82, 2.24) is 4.57 Å². The minimum absolute atomic E-state index is 0.297. The van der Waals surface area contributed by atoms with E-state index in [1.165, 1.54) is 0 Å². The van der Waals surface area contributed by atoms with E-state index >= 15 is 0 Å². The van der Waals surface area contributed by atoms with Gasteiger partial charge in [-0.1, -0.05) is 12.1 Å². The smallest absolute Gasteiger partial charge is 0.355 e. The lowest BCUT2D eigenvalue weighted by molar-refractivity contribution is -0.164. The molecule has 0 radical (unpaired) electrons. The molecule has 1 aliphatic heterocycles. The van der Waals surface area contributed by atoms with Gasteiger partial charge in [0.15, 0.2) is 0 Å². The summed E-state index contributed by atoms with van der Waals surface area (Å²) in [4.78, 5) is 22.7. The Morgan fingerprint density at radius 1 is 1.15 bits per heavy atom. The van der Waals surface area contributed by atoms with Gasteiger partial charge in [0.05, 0.1) is 11.4 Å². The van der Waals surface area contributed by atoms with Crippen molar-refractivity contribution in [3.63, 3.8) is 0 Å². The van der Waals surface area contributed by atoms with Gasteiger partial charge in [0.25, 0.3) is 5.60 Å². The van der Waals surface area contributed by atoms with Crippen molar-refractivity contribution in [2.45, 2.75) is 12.0 Å². The predicted molar refractivity (Wildman–Crippen MR) is 68.0 cm³/mol. The fourth-order valence-electron chi connectivity index (χ4n) is 2.47. The van der Waals surface area contributed by atoms with E-state index in [1.54, 1.807) is 47.2 Å².